The van der Waals surface area contributed by atoms with Crippen LogP contribution in [0.3, 0.4) is 0 Å². The van der Waals surface area contributed by atoms with Gasteiger partial charge in [-0.15, -0.1) is 0 Å². The second-order valence-corrected chi connectivity index (χ2v) is 7.64. The minimum Gasteiger partial charge on any atom is -0.508 e. The van der Waals surface area contributed by atoms with Gasteiger partial charge in [-0.05, 0) is 34.7 Å². The molecular weight excluding hydrogens is 364 g/mol. The molecule has 1 fully saturated rings. The van der Waals surface area contributed by atoms with E-state index in [2.05, 4.69) is 12.6 Å². The molecule has 5 heteroatoms. The van der Waals surface area contributed by atoms with Gasteiger partial charge >= 0.3 is 0 Å². The van der Waals surface area contributed by atoms with Crippen LogP contribution < -0.4 is 4.90 Å². The molecule has 2 aliphatic rings. The number of aromatic hydroxyl groups is 1. The van der Waals surface area contributed by atoms with Gasteiger partial charge in [0.2, 0.25) is 5.91 Å². The molecule has 2 amide bonds. The Kier molecular flexibility index (Phi) is 3.91. The monoisotopic (exact) mass is 384 g/mol. The number of carbonyl (C=O) groups is 2. The lowest BCUT2D eigenvalue weighted by molar-refractivity contribution is -0.130. The standard InChI is InChI=1S/C24H20N2O3/c1-2-23(28)25-12-18(13-25)15-7-8-17-14-26(24(29)21(17)10-15)22-11-19(27)9-16-5-3-4-6-20(16)22/h2-11,18,27H,1,12-14H2. The van der Waals surface area contributed by atoms with Gasteiger partial charge in [0.15, 0.2) is 0 Å². The lowest BCUT2D eigenvalue weighted by Gasteiger charge is -2.39. The summed E-state index contributed by atoms with van der Waals surface area (Å²) >= 11 is 0. The molecule has 3 aromatic rings. The van der Waals surface area contributed by atoms with Crippen molar-refractivity contribution in [2.45, 2.75) is 12.5 Å². The number of carbonyl (C=O) groups excluding carboxylic acids is 2. The zero-order chi connectivity index (χ0) is 20.1. The van der Waals surface area contributed by atoms with Crippen LogP contribution in [-0.2, 0) is 11.3 Å². The van der Waals surface area contributed by atoms with Crippen molar-refractivity contribution in [1.29, 1.82) is 0 Å². The fraction of sp³-hybridized carbons (Fsp3) is 0.167. The van der Waals surface area contributed by atoms with Gasteiger partial charge in [0, 0.05) is 36.0 Å². The zero-order valence-corrected chi connectivity index (χ0v) is 15.8. The third-order valence-corrected chi connectivity index (χ3v) is 5.89. The highest BCUT2D eigenvalue weighted by molar-refractivity contribution is 6.14. The van der Waals surface area contributed by atoms with E-state index in [-0.39, 0.29) is 23.5 Å². The zero-order valence-electron chi connectivity index (χ0n) is 15.8. The van der Waals surface area contributed by atoms with Gasteiger partial charge in [-0.2, -0.15) is 0 Å². The molecule has 0 bridgehead atoms. The summed E-state index contributed by atoms with van der Waals surface area (Å²) in [6.07, 6.45) is 1.33. The lowest BCUT2D eigenvalue weighted by atomic mass is 9.89. The Morgan fingerprint density at radius 1 is 1.10 bits per heavy atom. The Morgan fingerprint density at radius 2 is 1.90 bits per heavy atom. The largest absolute Gasteiger partial charge is 0.508 e. The van der Waals surface area contributed by atoms with Gasteiger partial charge in [-0.3, -0.25) is 9.59 Å². The molecule has 0 atom stereocenters. The van der Waals surface area contributed by atoms with Crippen LogP contribution in [0.2, 0.25) is 0 Å². The summed E-state index contributed by atoms with van der Waals surface area (Å²) in [6, 6.07) is 17.1. The van der Waals surface area contributed by atoms with Gasteiger partial charge in [-0.1, -0.05) is 43.0 Å². The van der Waals surface area contributed by atoms with Crippen LogP contribution >= 0.6 is 0 Å². The number of hydrogen-bond acceptors (Lipinski definition) is 3. The van der Waals surface area contributed by atoms with Gasteiger partial charge in [0.25, 0.3) is 5.91 Å². The predicted molar refractivity (Wildman–Crippen MR) is 112 cm³/mol. The molecule has 0 aliphatic carbocycles. The van der Waals surface area contributed by atoms with Crippen molar-refractivity contribution in [1.82, 2.24) is 4.90 Å². The Morgan fingerprint density at radius 3 is 2.69 bits per heavy atom. The summed E-state index contributed by atoms with van der Waals surface area (Å²) in [6.45, 7) is 5.31. The highest BCUT2D eigenvalue weighted by Gasteiger charge is 2.34. The smallest absolute Gasteiger partial charge is 0.258 e. The van der Waals surface area contributed by atoms with Gasteiger partial charge < -0.3 is 14.9 Å². The molecule has 144 valence electrons. The second-order valence-electron chi connectivity index (χ2n) is 7.64. The van der Waals surface area contributed by atoms with Crippen molar-refractivity contribution in [2.75, 3.05) is 18.0 Å². The molecule has 0 spiro atoms. The van der Waals surface area contributed by atoms with Crippen LogP contribution in [0.25, 0.3) is 10.8 Å². The number of amides is 2. The van der Waals surface area contributed by atoms with Crippen LogP contribution in [-0.4, -0.2) is 34.9 Å². The molecule has 0 saturated carbocycles. The summed E-state index contributed by atoms with van der Waals surface area (Å²) in [5.41, 5.74) is 3.47. The normalized spacial score (nSPS) is 16.1. The van der Waals surface area contributed by atoms with Crippen molar-refractivity contribution in [3.8, 4) is 5.75 Å². The average molecular weight is 384 g/mol. The van der Waals surface area contributed by atoms with Crippen LogP contribution in [0.15, 0.2) is 67.3 Å². The van der Waals surface area contributed by atoms with Crippen molar-refractivity contribution < 1.29 is 14.7 Å². The van der Waals surface area contributed by atoms with Gasteiger partial charge in [0.05, 0.1) is 12.2 Å². The number of fused-ring (bicyclic) bond motifs is 2. The van der Waals surface area contributed by atoms with Crippen molar-refractivity contribution in [2.24, 2.45) is 0 Å². The molecular formula is C24H20N2O3. The first-order valence-corrected chi connectivity index (χ1v) is 9.63. The van der Waals surface area contributed by atoms with E-state index in [0.717, 1.165) is 27.6 Å². The topological polar surface area (TPSA) is 60.9 Å². The number of likely N-dealkylation sites (tertiary alicyclic amines) is 1. The Bertz CT molecular complexity index is 1180. The number of anilines is 1. The van der Waals surface area contributed by atoms with E-state index in [1.807, 2.05) is 36.4 Å². The molecule has 2 aliphatic heterocycles. The number of hydrogen-bond donors (Lipinski definition) is 1. The third kappa shape index (κ3) is 2.78. The van der Waals surface area contributed by atoms with E-state index in [0.29, 0.717) is 25.2 Å². The maximum absolute atomic E-state index is 13.2. The van der Waals surface area contributed by atoms with E-state index in [1.54, 1.807) is 21.9 Å². The van der Waals surface area contributed by atoms with Crippen LogP contribution in [0.1, 0.15) is 27.4 Å². The minimum atomic E-state index is -0.0593. The molecule has 3 aromatic carbocycles. The lowest BCUT2D eigenvalue weighted by Crippen LogP contribution is -2.47. The van der Waals surface area contributed by atoms with Gasteiger partial charge in [0.1, 0.15) is 5.75 Å². The molecule has 0 unspecified atom stereocenters. The summed E-state index contributed by atoms with van der Waals surface area (Å²) in [5.74, 6) is 0.272. The molecule has 2 heterocycles. The number of benzene rings is 3. The maximum Gasteiger partial charge on any atom is 0.258 e. The van der Waals surface area contributed by atoms with E-state index >= 15 is 0 Å². The highest BCUT2D eigenvalue weighted by atomic mass is 16.3. The molecule has 0 aromatic heterocycles. The van der Waals surface area contributed by atoms with Crippen molar-refractivity contribution in [3.63, 3.8) is 0 Å². The Balaban J connectivity index is 1.45. The summed E-state index contributed by atoms with van der Waals surface area (Å²) in [5, 5.41) is 12.0. The number of phenols is 1. The fourth-order valence-corrected chi connectivity index (χ4v) is 4.26. The van der Waals surface area contributed by atoms with E-state index in [1.165, 1.54) is 6.08 Å². The predicted octanol–water partition coefficient (Wildman–Crippen LogP) is 3.82. The maximum atomic E-state index is 13.2. The molecule has 1 saturated heterocycles. The summed E-state index contributed by atoms with van der Waals surface area (Å²) < 4.78 is 0. The van der Waals surface area contributed by atoms with Crippen LogP contribution in [0, 0.1) is 0 Å². The van der Waals surface area contributed by atoms with E-state index in [4.69, 9.17) is 0 Å². The minimum absolute atomic E-state index is 0.0552. The Labute approximate surface area is 168 Å². The molecule has 5 rings (SSSR count). The molecule has 29 heavy (non-hydrogen) atoms. The van der Waals surface area contributed by atoms with Crippen molar-refractivity contribution >= 4 is 28.3 Å². The third-order valence-electron chi connectivity index (χ3n) is 5.89. The van der Waals surface area contributed by atoms with Crippen molar-refractivity contribution in [3.05, 3.63) is 83.9 Å². The van der Waals surface area contributed by atoms with E-state index in [9.17, 15) is 14.7 Å². The second kappa shape index (κ2) is 6.48. The van der Waals surface area contributed by atoms with Gasteiger partial charge in [-0.25, -0.2) is 0 Å². The number of rotatable bonds is 3. The molecule has 5 nitrogen and oxygen atoms in total. The summed E-state index contributed by atoms with van der Waals surface area (Å²) in [7, 11) is 0. The quantitative estimate of drug-likeness (QED) is 0.699. The number of nitrogens with zero attached hydrogens (tertiary/aromatic N) is 2. The Hall–Kier alpha value is -3.60. The summed E-state index contributed by atoms with van der Waals surface area (Å²) in [4.78, 5) is 28.4. The first-order valence-electron chi connectivity index (χ1n) is 9.63. The molecule has 1 N–H and O–H groups in total. The fourth-order valence-electron chi connectivity index (χ4n) is 4.26. The number of phenolic OH excluding ortho intramolecular Hbond substituents is 1. The van der Waals surface area contributed by atoms with E-state index < -0.39 is 0 Å². The average Bonchev–Trinajstić information content (AvgIpc) is 3.02. The first-order chi connectivity index (χ1) is 14.0. The van der Waals surface area contributed by atoms with Crippen LogP contribution in [0.4, 0.5) is 5.69 Å². The first kappa shape index (κ1) is 17.5. The molecule has 0 radical (unpaired) electrons. The van der Waals surface area contributed by atoms with Crippen LogP contribution in [0.5, 0.6) is 5.75 Å². The SMILES string of the molecule is C=CC(=O)N1CC(c2ccc3c(c2)C(=O)N(c2cc(O)cc4ccccc24)C3)C1. The highest BCUT2D eigenvalue weighted by Crippen LogP contribution is 2.38.